The summed E-state index contributed by atoms with van der Waals surface area (Å²) in [5, 5.41) is 8.63. The van der Waals surface area contributed by atoms with E-state index in [4.69, 9.17) is 15.6 Å². The highest BCUT2D eigenvalue weighted by Crippen LogP contribution is 2.19. The maximum absolute atomic E-state index is 8.63. The summed E-state index contributed by atoms with van der Waals surface area (Å²) in [5.41, 5.74) is 7.86. The molecule has 1 rings (SSSR count). The van der Waals surface area contributed by atoms with Crippen LogP contribution in [0.2, 0.25) is 0 Å². The van der Waals surface area contributed by atoms with Crippen LogP contribution in [0.15, 0.2) is 18.2 Å². The zero-order valence-corrected chi connectivity index (χ0v) is 9.20. The number of hydrogen-bond donors (Lipinski definition) is 2. The molecule has 0 heterocycles. The van der Waals surface area contributed by atoms with Crippen molar-refractivity contribution < 1.29 is 9.84 Å². The Hall–Kier alpha value is -1.06. The summed E-state index contributed by atoms with van der Waals surface area (Å²) in [6, 6.07) is 6.01. The third-order valence-corrected chi connectivity index (χ3v) is 2.25. The van der Waals surface area contributed by atoms with Gasteiger partial charge in [-0.1, -0.05) is 17.7 Å². The summed E-state index contributed by atoms with van der Waals surface area (Å²) >= 11 is 0. The van der Waals surface area contributed by atoms with Gasteiger partial charge in [0.05, 0.1) is 6.61 Å². The van der Waals surface area contributed by atoms with E-state index in [1.165, 1.54) is 5.56 Å². The number of aryl methyl sites for hydroxylation is 1. The molecule has 1 aromatic rings. The number of hydrogen-bond acceptors (Lipinski definition) is 3. The van der Waals surface area contributed by atoms with Crippen LogP contribution in [0.3, 0.4) is 0 Å². The predicted molar refractivity (Wildman–Crippen MR) is 60.9 cm³/mol. The standard InChI is InChI=1S/C12H19NO2/c1-10-4-5-12(11(8-10)9-13)15-7-3-2-6-14/h4-5,8,14H,2-3,6-7,9,13H2,1H3. The van der Waals surface area contributed by atoms with Crippen LogP contribution in [-0.2, 0) is 6.54 Å². The van der Waals surface area contributed by atoms with Crippen molar-refractivity contribution in [3.05, 3.63) is 29.3 Å². The lowest BCUT2D eigenvalue weighted by molar-refractivity contribution is 0.252. The number of unbranched alkanes of at least 4 members (excludes halogenated alkanes) is 1. The van der Waals surface area contributed by atoms with Crippen molar-refractivity contribution in [1.29, 1.82) is 0 Å². The molecule has 0 saturated carbocycles. The first-order valence-corrected chi connectivity index (χ1v) is 5.31. The highest BCUT2D eigenvalue weighted by atomic mass is 16.5. The average molecular weight is 209 g/mol. The number of aliphatic hydroxyl groups is 1. The van der Waals surface area contributed by atoms with E-state index in [1.54, 1.807) is 0 Å². The van der Waals surface area contributed by atoms with Crippen molar-refractivity contribution >= 4 is 0 Å². The minimum atomic E-state index is 0.223. The number of nitrogens with two attached hydrogens (primary N) is 1. The molecule has 15 heavy (non-hydrogen) atoms. The zero-order chi connectivity index (χ0) is 11.1. The molecule has 0 radical (unpaired) electrons. The molecule has 0 aliphatic carbocycles. The Kier molecular flexibility index (Phi) is 5.15. The van der Waals surface area contributed by atoms with Gasteiger partial charge >= 0.3 is 0 Å². The van der Waals surface area contributed by atoms with E-state index in [0.29, 0.717) is 13.2 Å². The minimum absolute atomic E-state index is 0.223. The second-order valence-electron chi connectivity index (χ2n) is 3.59. The van der Waals surface area contributed by atoms with Gasteiger partial charge in [0.2, 0.25) is 0 Å². The largest absolute Gasteiger partial charge is 0.493 e. The Morgan fingerprint density at radius 1 is 1.33 bits per heavy atom. The van der Waals surface area contributed by atoms with Crippen molar-refractivity contribution in [3.63, 3.8) is 0 Å². The molecule has 0 amide bonds. The first-order valence-electron chi connectivity index (χ1n) is 5.31. The van der Waals surface area contributed by atoms with Crippen molar-refractivity contribution in [3.8, 4) is 5.75 Å². The molecule has 0 atom stereocenters. The summed E-state index contributed by atoms with van der Waals surface area (Å²) in [6.07, 6.45) is 1.65. The van der Waals surface area contributed by atoms with Crippen LogP contribution >= 0.6 is 0 Å². The maximum atomic E-state index is 8.63. The molecule has 0 aliphatic heterocycles. The molecule has 3 nitrogen and oxygen atoms in total. The van der Waals surface area contributed by atoms with Crippen molar-refractivity contribution in [2.24, 2.45) is 5.73 Å². The van der Waals surface area contributed by atoms with Gasteiger partial charge in [-0.2, -0.15) is 0 Å². The maximum Gasteiger partial charge on any atom is 0.123 e. The molecule has 1 aromatic carbocycles. The third kappa shape index (κ3) is 3.90. The molecular formula is C12H19NO2. The van der Waals surface area contributed by atoms with Gasteiger partial charge in [-0.3, -0.25) is 0 Å². The van der Waals surface area contributed by atoms with Crippen LogP contribution in [-0.4, -0.2) is 18.3 Å². The fraction of sp³-hybridized carbons (Fsp3) is 0.500. The fourth-order valence-corrected chi connectivity index (χ4v) is 1.40. The summed E-state index contributed by atoms with van der Waals surface area (Å²) < 4.78 is 5.59. The van der Waals surface area contributed by atoms with Gasteiger partial charge in [0.1, 0.15) is 5.75 Å². The number of rotatable bonds is 6. The summed E-state index contributed by atoms with van der Waals surface area (Å²) in [6.45, 7) is 3.39. The van der Waals surface area contributed by atoms with Gasteiger partial charge in [-0.25, -0.2) is 0 Å². The monoisotopic (exact) mass is 209 g/mol. The van der Waals surface area contributed by atoms with E-state index >= 15 is 0 Å². The Morgan fingerprint density at radius 3 is 2.80 bits per heavy atom. The number of aliphatic hydroxyl groups excluding tert-OH is 1. The van der Waals surface area contributed by atoms with Crippen molar-refractivity contribution in [1.82, 2.24) is 0 Å². The lowest BCUT2D eigenvalue weighted by atomic mass is 10.1. The van der Waals surface area contributed by atoms with E-state index in [0.717, 1.165) is 24.2 Å². The molecule has 0 fully saturated rings. The minimum Gasteiger partial charge on any atom is -0.493 e. The Morgan fingerprint density at radius 2 is 2.13 bits per heavy atom. The Bertz CT molecular complexity index is 300. The first kappa shape index (κ1) is 12.0. The van der Waals surface area contributed by atoms with Gasteiger partial charge in [0.25, 0.3) is 0 Å². The number of benzene rings is 1. The topological polar surface area (TPSA) is 55.5 Å². The molecule has 0 unspecified atom stereocenters. The van der Waals surface area contributed by atoms with Gasteiger partial charge in [0.15, 0.2) is 0 Å². The molecule has 0 aliphatic rings. The Labute approximate surface area is 90.9 Å². The smallest absolute Gasteiger partial charge is 0.123 e. The van der Waals surface area contributed by atoms with Crippen molar-refractivity contribution in [2.75, 3.05) is 13.2 Å². The lowest BCUT2D eigenvalue weighted by Gasteiger charge is -2.10. The van der Waals surface area contributed by atoms with Crippen LogP contribution in [0.1, 0.15) is 24.0 Å². The zero-order valence-electron chi connectivity index (χ0n) is 9.20. The predicted octanol–water partition coefficient (Wildman–Crippen LogP) is 1.61. The molecule has 0 spiro atoms. The van der Waals surface area contributed by atoms with Gasteiger partial charge in [0, 0.05) is 18.7 Å². The normalized spacial score (nSPS) is 10.3. The SMILES string of the molecule is Cc1ccc(OCCCCO)c(CN)c1. The molecule has 3 heteroatoms. The van der Waals surface area contributed by atoms with E-state index < -0.39 is 0 Å². The van der Waals surface area contributed by atoms with Gasteiger partial charge in [-0.15, -0.1) is 0 Å². The van der Waals surface area contributed by atoms with Gasteiger partial charge in [-0.05, 0) is 25.8 Å². The van der Waals surface area contributed by atoms with E-state index in [-0.39, 0.29) is 6.61 Å². The van der Waals surface area contributed by atoms with E-state index in [2.05, 4.69) is 0 Å². The third-order valence-electron chi connectivity index (χ3n) is 2.25. The second-order valence-corrected chi connectivity index (χ2v) is 3.59. The highest BCUT2D eigenvalue weighted by Gasteiger charge is 2.01. The average Bonchev–Trinajstić information content (AvgIpc) is 2.26. The second kappa shape index (κ2) is 6.43. The van der Waals surface area contributed by atoms with Gasteiger partial charge < -0.3 is 15.6 Å². The highest BCUT2D eigenvalue weighted by molar-refractivity contribution is 5.36. The van der Waals surface area contributed by atoms with Crippen LogP contribution in [0, 0.1) is 6.92 Å². The van der Waals surface area contributed by atoms with E-state index in [1.807, 2.05) is 25.1 Å². The molecule has 0 bridgehead atoms. The Balaban J connectivity index is 2.52. The molecule has 3 N–H and O–H groups in total. The summed E-state index contributed by atoms with van der Waals surface area (Å²) in [7, 11) is 0. The summed E-state index contributed by atoms with van der Waals surface area (Å²) in [4.78, 5) is 0. The molecule has 84 valence electrons. The van der Waals surface area contributed by atoms with Crippen LogP contribution in [0.5, 0.6) is 5.75 Å². The van der Waals surface area contributed by atoms with Crippen LogP contribution < -0.4 is 10.5 Å². The number of ether oxygens (including phenoxy) is 1. The molecule has 0 aromatic heterocycles. The lowest BCUT2D eigenvalue weighted by Crippen LogP contribution is -2.04. The first-order chi connectivity index (χ1) is 7.27. The fourth-order valence-electron chi connectivity index (χ4n) is 1.40. The van der Waals surface area contributed by atoms with Crippen molar-refractivity contribution in [2.45, 2.75) is 26.3 Å². The summed E-state index contributed by atoms with van der Waals surface area (Å²) in [5.74, 6) is 0.862. The van der Waals surface area contributed by atoms with E-state index in [9.17, 15) is 0 Å². The quantitative estimate of drug-likeness (QED) is 0.700. The molecular weight excluding hydrogens is 190 g/mol. The van der Waals surface area contributed by atoms with Crippen LogP contribution in [0.25, 0.3) is 0 Å². The molecule has 0 saturated heterocycles. The van der Waals surface area contributed by atoms with Crippen LogP contribution in [0.4, 0.5) is 0 Å².